The fourth-order valence-corrected chi connectivity index (χ4v) is 4.07. The Hall–Kier alpha value is -2.96. The van der Waals surface area contributed by atoms with Gasteiger partial charge in [0, 0.05) is 24.7 Å². The van der Waals surface area contributed by atoms with Crippen molar-refractivity contribution in [2.75, 3.05) is 25.1 Å². The molecule has 0 aliphatic carbocycles. The number of aromatic nitrogens is 2. The van der Waals surface area contributed by atoms with Gasteiger partial charge in [0.1, 0.15) is 12.1 Å². The Morgan fingerprint density at radius 1 is 1.22 bits per heavy atom. The Bertz CT molecular complexity index is 847. The van der Waals surface area contributed by atoms with Crippen LogP contribution < -0.4 is 10.2 Å². The number of nitrogens with zero attached hydrogens (tertiary/aromatic N) is 3. The fraction of sp³-hybridized carbons (Fsp3) is 0.400. The first-order chi connectivity index (χ1) is 13.1. The molecule has 2 aliphatic heterocycles. The van der Waals surface area contributed by atoms with E-state index in [2.05, 4.69) is 20.2 Å². The van der Waals surface area contributed by atoms with E-state index in [0.29, 0.717) is 5.82 Å². The Morgan fingerprint density at radius 2 is 1.96 bits per heavy atom. The first-order valence-electron chi connectivity index (χ1n) is 9.12. The Balaban J connectivity index is 1.45. The summed E-state index contributed by atoms with van der Waals surface area (Å²) in [7, 11) is 1.33. The van der Waals surface area contributed by atoms with Crippen molar-refractivity contribution in [3.8, 4) is 0 Å². The van der Waals surface area contributed by atoms with Crippen molar-refractivity contribution in [1.82, 2.24) is 15.3 Å². The minimum Gasteiger partial charge on any atom is -0.464 e. The topological polar surface area (TPSA) is 84.4 Å². The molecule has 140 valence electrons. The van der Waals surface area contributed by atoms with Crippen LogP contribution in [0.2, 0.25) is 0 Å². The molecule has 7 heteroatoms. The molecule has 1 aromatic heterocycles. The number of piperidine rings is 1. The van der Waals surface area contributed by atoms with Gasteiger partial charge in [0.2, 0.25) is 5.91 Å². The monoisotopic (exact) mass is 366 g/mol. The molecule has 4 rings (SSSR count). The van der Waals surface area contributed by atoms with Crippen LogP contribution in [0.1, 0.15) is 41.2 Å². The van der Waals surface area contributed by atoms with E-state index in [4.69, 9.17) is 4.74 Å². The number of methoxy groups -OCH3 is 1. The van der Waals surface area contributed by atoms with Crippen molar-refractivity contribution in [1.29, 1.82) is 0 Å². The molecule has 27 heavy (non-hydrogen) atoms. The highest BCUT2D eigenvalue weighted by molar-refractivity contribution is 5.88. The van der Waals surface area contributed by atoms with Crippen molar-refractivity contribution in [3.63, 3.8) is 0 Å². The average molecular weight is 366 g/mol. The predicted molar refractivity (Wildman–Crippen MR) is 99.5 cm³/mol. The second kappa shape index (κ2) is 6.98. The Kier molecular flexibility index (Phi) is 4.51. The third-order valence-corrected chi connectivity index (χ3v) is 5.59. The molecule has 3 heterocycles. The number of rotatable bonds is 3. The van der Waals surface area contributed by atoms with Gasteiger partial charge in [0.15, 0.2) is 5.69 Å². The van der Waals surface area contributed by atoms with Crippen LogP contribution in [0.4, 0.5) is 5.82 Å². The van der Waals surface area contributed by atoms with Gasteiger partial charge in [0.25, 0.3) is 0 Å². The molecule has 1 N–H and O–H groups in total. The quantitative estimate of drug-likeness (QED) is 0.836. The summed E-state index contributed by atoms with van der Waals surface area (Å²) in [6.45, 7) is 1.53. The lowest BCUT2D eigenvalue weighted by molar-refractivity contribution is -0.121. The van der Waals surface area contributed by atoms with Crippen molar-refractivity contribution >= 4 is 17.7 Å². The molecule has 0 unspecified atom stereocenters. The highest BCUT2D eigenvalue weighted by Gasteiger charge is 2.46. The molecule has 2 aliphatic rings. The second-order valence-corrected chi connectivity index (χ2v) is 7.18. The van der Waals surface area contributed by atoms with Crippen molar-refractivity contribution < 1.29 is 14.3 Å². The number of carbonyl (C=O) groups excluding carboxylic acids is 2. The number of carbonyl (C=O) groups is 2. The standard InChI is InChI=1S/C20H22N4O3/c1-27-19(26)16-11-17(22-13-21-16)24-9-7-20(8-10-24)12-15(18(25)23-20)14-5-3-2-4-6-14/h2-6,11,13,15H,7-10,12H2,1H3,(H,23,25)/t15-/m0/s1. The predicted octanol–water partition coefficient (Wildman–Crippen LogP) is 1.91. The maximum Gasteiger partial charge on any atom is 0.356 e. The zero-order valence-electron chi connectivity index (χ0n) is 15.2. The zero-order chi connectivity index (χ0) is 18.9. The normalized spacial score (nSPS) is 21.1. The van der Waals surface area contributed by atoms with Crippen LogP contribution in [-0.2, 0) is 9.53 Å². The molecule has 2 aromatic rings. The van der Waals surface area contributed by atoms with Crippen LogP contribution >= 0.6 is 0 Å². The number of anilines is 1. The van der Waals surface area contributed by atoms with Crippen LogP contribution in [0.25, 0.3) is 0 Å². The van der Waals surface area contributed by atoms with E-state index in [1.807, 2.05) is 30.3 Å². The average Bonchev–Trinajstić information content (AvgIpc) is 3.04. The number of esters is 1. The summed E-state index contributed by atoms with van der Waals surface area (Å²) in [6.07, 6.45) is 3.90. The van der Waals surface area contributed by atoms with E-state index < -0.39 is 5.97 Å². The van der Waals surface area contributed by atoms with Crippen molar-refractivity contribution in [3.05, 3.63) is 54.0 Å². The van der Waals surface area contributed by atoms with Gasteiger partial charge in [-0.25, -0.2) is 14.8 Å². The molecule has 0 radical (unpaired) electrons. The van der Waals surface area contributed by atoms with Crippen molar-refractivity contribution in [2.45, 2.75) is 30.7 Å². The van der Waals surface area contributed by atoms with E-state index >= 15 is 0 Å². The fourth-order valence-electron chi connectivity index (χ4n) is 4.07. The molecular formula is C20H22N4O3. The van der Waals surface area contributed by atoms with E-state index in [-0.39, 0.29) is 23.1 Å². The number of nitrogens with one attached hydrogen (secondary N) is 1. The van der Waals surface area contributed by atoms with Gasteiger partial charge in [-0.05, 0) is 24.8 Å². The lowest BCUT2D eigenvalue weighted by Gasteiger charge is -2.39. The third-order valence-electron chi connectivity index (χ3n) is 5.59. The number of benzene rings is 1. The lowest BCUT2D eigenvalue weighted by Crippen LogP contribution is -2.51. The molecule has 2 fully saturated rings. The van der Waals surface area contributed by atoms with E-state index in [1.165, 1.54) is 13.4 Å². The summed E-state index contributed by atoms with van der Waals surface area (Å²) in [6, 6.07) is 11.6. The lowest BCUT2D eigenvalue weighted by atomic mass is 9.82. The highest BCUT2D eigenvalue weighted by atomic mass is 16.5. The molecule has 2 saturated heterocycles. The van der Waals surface area contributed by atoms with Gasteiger partial charge in [-0.3, -0.25) is 4.79 Å². The molecule has 1 aromatic carbocycles. The van der Waals surface area contributed by atoms with E-state index in [9.17, 15) is 9.59 Å². The summed E-state index contributed by atoms with van der Waals surface area (Å²) in [5.74, 6) is 0.275. The maximum atomic E-state index is 12.6. The summed E-state index contributed by atoms with van der Waals surface area (Å²) < 4.78 is 4.73. The summed E-state index contributed by atoms with van der Waals surface area (Å²) in [5, 5.41) is 3.26. The van der Waals surface area contributed by atoms with Gasteiger partial charge in [0.05, 0.1) is 13.0 Å². The SMILES string of the molecule is COC(=O)c1cc(N2CCC3(CC2)C[C@@H](c2ccccc2)C(=O)N3)ncn1. The maximum absolute atomic E-state index is 12.6. The molecule has 1 spiro atoms. The summed E-state index contributed by atoms with van der Waals surface area (Å²) in [5.41, 5.74) is 1.17. The molecular weight excluding hydrogens is 344 g/mol. The minimum absolute atomic E-state index is 0.0808. The van der Waals surface area contributed by atoms with Crippen LogP contribution in [0.5, 0.6) is 0 Å². The summed E-state index contributed by atoms with van der Waals surface area (Å²) in [4.78, 5) is 34.6. The number of ether oxygens (including phenoxy) is 1. The largest absolute Gasteiger partial charge is 0.464 e. The van der Waals surface area contributed by atoms with E-state index in [1.54, 1.807) is 6.07 Å². The van der Waals surface area contributed by atoms with Gasteiger partial charge < -0.3 is 15.0 Å². The van der Waals surface area contributed by atoms with E-state index in [0.717, 1.165) is 37.9 Å². The van der Waals surface area contributed by atoms with Gasteiger partial charge >= 0.3 is 5.97 Å². The highest BCUT2D eigenvalue weighted by Crippen LogP contribution is 2.39. The van der Waals surface area contributed by atoms with Crippen LogP contribution in [0.15, 0.2) is 42.7 Å². The van der Waals surface area contributed by atoms with Crippen LogP contribution in [-0.4, -0.2) is 47.6 Å². The number of hydrogen-bond acceptors (Lipinski definition) is 6. The van der Waals surface area contributed by atoms with Crippen LogP contribution in [0.3, 0.4) is 0 Å². The minimum atomic E-state index is -0.471. The molecule has 7 nitrogen and oxygen atoms in total. The van der Waals surface area contributed by atoms with Gasteiger partial charge in [-0.15, -0.1) is 0 Å². The Morgan fingerprint density at radius 3 is 2.67 bits per heavy atom. The first kappa shape index (κ1) is 17.5. The first-order valence-corrected chi connectivity index (χ1v) is 9.12. The third kappa shape index (κ3) is 3.37. The molecule has 0 saturated carbocycles. The second-order valence-electron chi connectivity index (χ2n) is 7.18. The van der Waals surface area contributed by atoms with Crippen LogP contribution in [0, 0.1) is 0 Å². The smallest absolute Gasteiger partial charge is 0.356 e. The Labute approximate surface area is 157 Å². The van der Waals surface area contributed by atoms with Gasteiger partial charge in [-0.1, -0.05) is 30.3 Å². The summed E-state index contributed by atoms with van der Waals surface area (Å²) >= 11 is 0. The molecule has 0 bridgehead atoms. The number of amides is 1. The molecule has 1 amide bonds. The molecule has 1 atom stereocenters. The number of hydrogen-bond donors (Lipinski definition) is 1. The van der Waals surface area contributed by atoms with Crippen molar-refractivity contribution in [2.24, 2.45) is 0 Å². The zero-order valence-corrected chi connectivity index (χ0v) is 15.2. The van der Waals surface area contributed by atoms with Gasteiger partial charge in [-0.2, -0.15) is 0 Å².